The van der Waals surface area contributed by atoms with Gasteiger partial charge in [0.05, 0.1) is 5.92 Å². The highest BCUT2D eigenvalue weighted by Crippen LogP contribution is 2.15. The summed E-state index contributed by atoms with van der Waals surface area (Å²) in [5, 5.41) is 6.07. The zero-order chi connectivity index (χ0) is 13.7. The molecule has 6 nitrogen and oxygen atoms in total. The van der Waals surface area contributed by atoms with E-state index in [0.717, 1.165) is 25.9 Å². The Morgan fingerprint density at radius 3 is 2.47 bits per heavy atom. The van der Waals surface area contributed by atoms with Crippen molar-refractivity contribution < 1.29 is 9.59 Å². The molecule has 2 rings (SSSR count). The highest BCUT2D eigenvalue weighted by molar-refractivity contribution is 5.80. The number of amides is 3. The largest absolute Gasteiger partial charge is 0.339 e. The number of carbonyl (C=O) groups is 2. The van der Waals surface area contributed by atoms with Crippen LogP contribution in [-0.2, 0) is 4.79 Å². The van der Waals surface area contributed by atoms with Gasteiger partial charge in [-0.25, -0.2) is 4.79 Å². The molecule has 0 saturated carbocycles. The highest BCUT2D eigenvalue weighted by atomic mass is 16.2. The summed E-state index contributed by atoms with van der Waals surface area (Å²) in [6.45, 7) is 6.97. The maximum absolute atomic E-state index is 12.3. The molecule has 0 spiro atoms. The van der Waals surface area contributed by atoms with Crippen LogP contribution in [0.15, 0.2) is 0 Å². The normalized spacial score (nSPS) is 24.2. The van der Waals surface area contributed by atoms with Crippen LogP contribution in [0.25, 0.3) is 0 Å². The van der Waals surface area contributed by atoms with Gasteiger partial charge in [-0.2, -0.15) is 0 Å². The van der Waals surface area contributed by atoms with Gasteiger partial charge in [-0.1, -0.05) is 0 Å². The first kappa shape index (κ1) is 14.1. The van der Waals surface area contributed by atoms with E-state index < -0.39 is 0 Å². The van der Waals surface area contributed by atoms with Gasteiger partial charge < -0.3 is 20.4 Å². The van der Waals surface area contributed by atoms with Gasteiger partial charge in [0.25, 0.3) is 0 Å². The molecule has 0 bridgehead atoms. The topological polar surface area (TPSA) is 64.7 Å². The summed E-state index contributed by atoms with van der Waals surface area (Å²) in [6.07, 6.45) is 2.07. The van der Waals surface area contributed by atoms with Crippen LogP contribution in [0.4, 0.5) is 4.79 Å². The number of piperazine rings is 1. The molecular formula is C13H24N4O2. The minimum absolute atomic E-state index is 0.0195. The van der Waals surface area contributed by atoms with Crippen molar-refractivity contribution in [1.82, 2.24) is 20.4 Å². The van der Waals surface area contributed by atoms with Gasteiger partial charge in [0, 0.05) is 39.3 Å². The van der Waals surface area contributed by atoms with E-state index in [1.165, 1.54) is 0 Å². The Morgan fingerprint density at radius 1 is 1.21 bits per heavy atom. The summed E-state index contributed by atoms with van der Waals surface area (Å²) < 4.78 is 0. The van der Waals surface area contributed by atoms with Crippen molar-refractivity contribution in [2.24, 2.45) is 5.92 Å². The van der Waals surface area contributed by atoms with Crippen molar-refractivity contribution in [1.29, 1.82) is 0 Å². The standard InChI is InChI=1S/C13H24N4O2/c1-2-15-13(19)17-8-6-16(7-9-17)12(18)11-4-3-5-14-10-11/h11,14H,2-10H2,1H3,(H,15,19)/t11-/m0/s1. The third-order valence-corrected chi connectivity index (χ3v) is 3.85. The van der Waals surface area contributed by atoms with Crippen molar-refractivity contribution in [3.63, 3.8) is 0 Å². The highest BCUT2D eigenvalue weighted by Gasteiger charge is 2.29. The first-order valence-corrected chi connectivity index (χ1v) is 7.24. The fourth-order valence-electron chi connectivity index (χ4n) is 2.71. The van der Waals surface area contributed by atoms with Gasteiger partial charge in [0.15, 0.2) is 0 Å². The minimum Gasteiger partial charge on any atom is -0.339 e. The molecule has 0 aromatic carbocycles. The molecule has 0 aromatic heterocycles. The summed E-state index contributed by atoms with van der Waals surface area (Å²) in [4.78, 5) is 27.7. The molecule has 2 saturated heterocycles. The lowest BCUT2D eigenvalue weighted by atomic mass is 9.98. The van der Waals surface area contributed by atoms with Crippen molar-refractivity contribution in [2.75, 3.05) is 45.8 Å². The molecule has 108 valence electrons. The third kappa shape index (κ3) is 3.59. The molecule has 2 aliphatic rings. The van der Waals surface area contributed by atoms with Crippen LogP contribution in [-0.4, -0.2) is 67.6 Å². The molecule has 0 aromatic rings. The van der Waals surface area contributed by atoms with Crippen LogP contribution in [0.5, 0.6) is 0 Å². The molecule has 2 aliphatic heterocycles. The lowest BCUT2D eigenvalue weighted by molar-refractivity contribution is -0.137. The molecule has 19 heavy (non-hydrogen) atoms. The van der Waals surface area contributed by atoms with Crippen LogP contribution < -0.4 is 10.6 Å². The summed E-state index contributed by atoms with van der Waals surface area (Å²) in [7, 11) is 0. The Morgan fingerprint density at radius 2 is 1.89 bits per heavy atom. The zero-order valence-electron chi connectivity index (χ0n) is 11.7. The van der Waals surface area contributed by atoms with Crippen LogP contribution in [0.3, 0.4) is 0 Å². The van der Waals surface area contributed by atoms with Crippen molar-refractivity contribution in [3.8, 4) is 0 Å². The zero-order valence-corrected chi connectivity index (χ0v) is 11.7. The van der Waals surface area contributed by atoms with E-state index in [2.05, 4.69) is 10.6 Å². The lowest BCUT2D eigenvalue weighted by Gasteiger charge is -2.37. The van der Waals surface area contributed by atoms with Crippen LogP contribution in [0.1, 0.15) is 19.8 Å². The van der Waals surface area contributed by atoms with E-state index in [1.807, 2.05) is 11.8 Å². The minimum atomic E-state index is -0.0195. The van der Waals surface area contributed by atoms with Crippen LogP contribution >= 0.6 is 0 Å². The molecule has 0 unspecified atom stereocenters. The average molecular weight is 268 g/mol. The quantitative estimate of drug-likeness (QED) is 0.732. The predicted molar refractivity (Wildman–Crippen MR) is 72.8 cm³/mol. The number of nitrogens with zero attached hydrogens (tertiary/aromatic N) is 2. The van der Waals surface area contributed by atoms with Gasteiger partial charge in [0.1, 0.15) is 0 Å². The Balaban J connectivity index is 1.79. The summed E-state index contributed by atoms with van der Waals surface area (Å²) in [6, 6.07) is -0.0195. The molecule has 0 aliphatic carbocycles. The monoisotopic (exact) mass is 268 g/mol. The fourth-order valence-corrected chi connectivity index (χ4v) is 2.71. The van der Waals surface area contributed by atoms with Crippen LogP contribution in [0.2, 0.25) is 0 Å². The summed E-state index contributed by atoms with van der Waals surface area (Å²) in [5.41, 5.74) is 0. The number of urea groups is 1. The van der Waals surface area contributed by atoms with Gasteiger partial charge >= 0.3 is 6.03 Å². The maximum atomic E-state index is 12.3. The van der Waals surface area contributed by atoms with Crippen molar-refractivity contribution in [3.05, 3.63) is 0 Å². The number of piperidine rings is 1. The lowest BCUT2D eigenvalue weighted by Crippen LogP contribution is -2.55. The Bertz CT molecular complexity index is 321. The molecule has 6 heteroatoms. The maximum Gasteiger partial charge on any atom is 0.317 e. The molecule has 2 heterocycles. The van der Waals surface area contributed by atoms with Gasteiger partial charge in [0.2, 0.25) is 5.91 Å². The third-order valence-electron chi connectivity index (χ3n) is 3.85. The molecule has 1 atom stereocenters. The Hall–Kier alpha value is -1.30. The molecule has 0 radical (unpaired) electrons. The second-order valence-corrected chi connectivity index (χ2v) is 5.19. The van der Waals surface area contributed by atoms with Crippen molar-refractivity contribution >= 4 is 11.9 Å². The number of carbonyl (C=O) groups excluding carboxylic acids is 2. The summed E-state index contributed by atoms with van der Waals surface area (Å²) in [5.74, 6) is 0.382. The number of hydrogen-bond acceptors (Lipinski definition) is 3. The van der Waals surface area contributed by atoms with Gasteiger partial charge in [-0.3, -0.25) is 4.79 Å². The van der Waals surface area contributed by atoms with Gasteiger partial charge in [-0.15, -0.1) is 0 Å². The predicted octanol–water partition coefficient (Wildman–Crippen LogP) is -0.140. The summed E-state index contributed by atoms with van der Waals surface area (Å²) >= 11 is 0. The second-order valence-electron chi connectivity index (χ2n) is 5.19. The van der Waals surface area contributed by atoms with E-state index in [1.54, 1.807) is 4.90 Å². The van der Waals surface area contributed by atoms with Gasteiger partial charge in [-0.05, 0) is 26.3 Å². The Kier molecular flexibility index (Phi) is 5.01. The Labute approximate surface area is 114 Å². The molecule has 2 fully saturated rings. The van der Waals surface area contributed by atoms with E-state index in [-0.39, 0.29) is 17.9 Å². The van der Waals surface area contributed by atoms with E-state index in [9.17, 15) is 9.59 Å². The average Bonchev–Trinajstić information content (AvgIpc) is 2.48. The molecule has 2 N–H and O–H groups in total. The van der Waals surface area contributed by atoms with Crippen molar-refractivity contribution in [2.45, 2.75) is 19.8 Å². The molecule has 3 amide bonds. The fraction of sp³-hybridized carbons (Fsp3) is 0.846. The smallest absolute Gasteiger partial charge is 0.317 e. The SMILES string of the molecule is CCNC(=O)N1CCN(C(=O)[C@H]2CCCNC2)CC1. The van der Waals surface area contributed by atoms with E-state index in [0.29, 0.717) is 32.7 Å². The first-order chi connectivity index (χ1) is 9.22. The first-order valence-electron chi connectivity index (χ1n) is 7.24. The number of hydrogen-bond donors (Lipinski definition) is 2. The molecular weight excluding hydrogens is 244 g/mol. The number of nitrogens with one attached hydrogen (secondary N) is 2. The van der Waals surface area contributed by atoms with Crippen LogP contribution in [0, 0.1) is 5.92 Å². The van der Waals surface area contributed by atoms with E-state index >= 15 is 0 Å². The van der Waals surface area contributed by atoms with E-state index in [4.69, 9.17) is 0 Å². The second kappa shape index (κ2) is 6.75. The number of rotatable bonds is 2.